The van der Waals surface area contributed by atoms with E-state index in [9.17, 15) is 0 Å². The van der Waals surface area contributed by atoms with E-state index in [1.165, 1.54) is 6.42 Å². The van der Waals surface area contributed by atoms with Crippen molar-refractivity contribution < 1.29 is 4.74 Å². The van der Waals surface area contributed by atoms with Gasteiger partial charge in [-0.15, -0.1) is 0 Å². The first-order valence-electron chi connectivity index (χ1n) is 6.53. The molecule has 0 amide bonds. The van der Waals surface area contributed by atoms with E-state index < -0.39 is 0 Å². The summed E-state index contributed by atoms with van der Waals surface area (Å²) in [6.45, 7) is 5.66. The zero-order valence-electron chi connectivity index (χ0n) is 10.4. The van der Waals surface area contributed by atoms with Crippen LogP contribution in [-0.4, -0.2) is 50.2 Å². The van der Waals surface area contributed by atoms with Crippen molar-refractivity contribution in [3.05, 3.63) is 23.9 Å². The summed E-state index contributed by atoms with van der Waals surface area (Å²) in [5, 5.41) is 3.39. The first kappa shape index (κ1) is 11.5. The third-order valence-corrected chi connectivity index (χ3v) is 3.24. The van der Waals surface area contributed by atoms with E-state index in [-0.39, 0.29) is 0 Å². The smallest absolute Gasteiger partial charge is 0.217 e. The summed E-state index contributed by atoms with van der Waals surface area (Å²) < 4.78 is 5.43. The second-order valence-electron chi connectivity index (χ2n) is 4.53. The van der Waals surface area contributed by atoms with Crippen LogP contribution < -0.4 is 10.2 Å². The summed E-state index contributed by atoms with van der Waals surface area (Å²) in [6.07, 6.45) is 3.02. The standard InChI is InChI=1S/C13H18N4O/c1-4-14-5-8-17(7-1)12-3-2-11(10-16-12)13-15-6-9-18-13/h2-3,10,14H,1,4-9H2. The minimum atomic E-state index is 0.689. The Morgan fingerprint density at radius 1 is 1.22 bits per heavy atom. The maximum atomic E-state index is 5.43. The molecule has 0 spiro atoms. The molecule has 0 aromatic carbocycles. The fourth-order valence-electron chi connectivity index (χ4n) is 2.28. The molecule has 0 bridgehead atoms. The Labute approximate surface area is 107 Å². The molecular formula is C13H18N4O. The number of hydrogen-bond donors (Lipinski definition) is 1. The summed E-state index contributed by atoms with van der Waals surface area (Å²) >= 11 is 0. The van der Waals surface area contributed by atoms with Crippen LogP contribution in [0.25, 0.3) is 0 Å². The molecular weight excluding hydrogens is 228 g/mol. The Morgan fingerprint density at radius 2 is 2.22 bits per heavy atom. The molecule has 1 saturated heterocycles. The molecule has 96 valence electrons. The minimum Gasteiger partial charge on any atom is -0.475 e. The quantitative estimate of drug-likeness (QED) is 0.833. The van der Waals surface area contributed by atoms with Crippen molar-refractivity contribution in [2.45, 2.75) is 6.42 Å². The van der Waals surface area contributed by atoms with Crippen molar-refractivity contribution >= 4 is 11.7 Å². The zero-order chi connectivity index (χ0) is 12.2. The van der Waals surface area contributed by atoms with Crippen molar-refractivity contribution in [1.29, 1.82) is 0 Å². The highest BCUT2D eigenvalue weighted by Crippen LogP contribution is 2.14. The van der Waals surface area contributed by atoms with Crippen LogP contribution in [0, 0.1) is 0 Å². The molecule has 1 fully saturated rings. The molecule has 1 N–H and O–H groups in total. The van der Waals surface area contributed by atoms with Gasteiger partial charge in [-0.2, -0.15) is 0 Å². The molecule has 0 radical (unpaired) electrons. The minimum absolute atomic E-state index is 0.689. The molecule has 3 heterocycles. The maximum absolute atomic E-state index is 5.43. The molecule has 1 aromatic heterocycles. The van der Waals surface area contributed by atoms with E-state index in [0.717, 1.165) is 50.0 Å². The Morgan fingerprint density at radius 3 is 3.00 bits per heavy atom. The molecule has 0 saturated carbocycles. The van der Waals surface area contributed by atoms with E-state index in [2.05, 4.69) is 26.3 Å². The van der Waals surface area contributed by atoms with E-state index >= 15 is 0 Å². The number of hydrogen-bond acceptors (Lipinski definition) is 5. The normalized spacial score (nSPS) is 20.2. The SMILES string of the molecule is c1cc(N2CCCNCC2)ncc1C1=NCCO1. The Bertz CT molecular complexity index is 421. The molecule has 18 heavy (non-hydrogen) atoms. The zero-order valence-corrected chi connectivity index (χ0v) is 10.4. The second kappa shape index (κ2) is 5.35. The van der Waals surface area contributed by atoms with Gasteiger partial charge < -0.3 is 15.0 Å². The van der Waals surface area contributed by atoms with Gasteiger partial charge in [0.25, 0.3) is 0 Å². The van der Waals surface area contributed by atoms with Crippen molar-refractivity contribution in [3.63, 3.8) is 0 Å². The first-order chi connectivity index (χ1) is 8.93. The number of anilines is 1. The van der Waals surface area contributed by atoms with Gasteiger partial charge >= 0.3 is 0 Å². The number of aromatic nitrogens is 1. The van der Waals surface area contributed by atoms with E-state index in [0.29, 0.717) is 6.61 Å². The second-order valence-corrected chi connectivity index (χ2v) is 4.53. The summed E-state index contributed by atoms with van der Waals surface area (Å²) in [6, 6.07) is 4.11. The van der Waals surface area contributed by atoms with Crippen LogP contribution in [0.2, 0.25) is 0 Å². The maximum Gasteiger partial charge on any atom is 0.217 e. The van der Waals surface area contributed by atoms with E-state index in [4.69, 9.17) is 4.74 Å². The van der Waals surface area contributed by atoms with Crippen LogP contribution in [0.15, 0.2) is 23.3 Å². The summed E-state index contributed by atoms with van der Waals surface area (Å²) in [5.74, 6) is 1.77. The highest BCUT2D eigenvalue weighted by atomic mass is 16.5. The lowest BCUT2D eigenvalue weighted by atomic mass is 10.2. The topological polar surface area (TPSA) is 49.8 Å². The molecule has 5 nitrogen and oxygen atoms in total. The lowest BCUT2D eigenvalue weighted by Gasteiger charge is -2.20. The molecule has 2 aliphatic heterocycles. The van der Waals surface area contributed by atoms with Crippen molar-refractivity contribution in [2.24, 2.45) is 4.99 Å². The van der Waals surface area contributed by atoms with Gasteiger partial charge in [0.1, 0.15) is 12.4 Å². The number of rotatable bonds is 2. The summed E-state index contributed by atoms with van der Waals surface area (Å²) in [5.41, 5.74) is 0.976. The van der Waals surface area contributed by atoms with Crippen molar-refractivity contribution in [1.82, 2.24) is 10.3 Å². The Kier molecular flexibility index (Phi) is 3.41. The number of nitrogens with one attached hydrogen (secondary N) is 1. The van der Waals surface area contributed by atoms with E-state index in [1.54, 1.807) is 0 Å². The average Bonchev–Trinajstić information content (AvgIpc) is 2.82. The number of nitrogens with zero attached hydrogens (tertiary/aromatic N) is 3. The van der Waals surface area contributed by atoms with Crippen molar-refractivity contribution in [2.75, 3.05) is 44.2 Å². The van der Waals surface area contributed by atoms with Crippen LogP contribution in [0.1, 0.15) is 12.0 Å². The number of aliphatic imine (C=N–C) groups is 1. The lowest BCUT2D eigenvalue weighted by Crippen LogP contribution is -2.28. The van der Waals surface area contributed by atoms with Crippen molar-refractivity contribution in [3.8, 4) is 0 Å². The van der Waals surface area contributed by atoms with Crippen LogP contribution in [0.4, 0.5) is 5.82 Å². The third kappa shape index (κ3) is 2.46. The molecule has 3 rings (SSSR count). The largest absolute Gasteiger partial charge is 0.475 e. The van der Waals surface area contributed by atoms with E-state index in [1.807, 2.05) is 12.3 Å². The fourth-order valence-corrected chi connectivity index (χ4v) is 2.28. The lowest BCUT2D eigenvalue weighted by molar-refractivity contribution is 0.348. The van der Waals surface area contributed by atoms with Crippen LogP contribution in [0.5, 0.6) is 0 Å². The van der Waals surface area contributed by atoms with Gasteiger partial charge in [-0.1, -0.05) is 0 Å². The first-order valence-corrected chi connectivity index (χ1v) is 6.53. The molecule has 0 atom stereocenters. The highest BCUT2D eigenvalue weighted by Gasteiger charge is 2.13. The molecule has 0 aliphatic carbocycles. The summed E-state index contributed by atoms with van der Waals surface area (Å²) in [7, 11) is 0. The number of ether oxygens (including phenoxy) is 1. The number of pyridine rings is 1. The van der Waals surface area contributed by atoms with Gasteiger partial charge in [-0.25, -0.2) is 9.98 Å². The molecule has 1 aromatic rings. The van der Waals surface area contributed by atoms with Gasteiger partial charge in [0, 0.05) is 25.8 Å². The fraction of sp³-hybridized carbons (Fsp3) is 0.538. The van der Waals surface area contributed by atoms with Gasteiger partial charge in [0.15, 0.2) is 0 Å². The monoisotopic (exact) mass is 246 g/mol. The highest BCUT2D eigenvalue weighted by molar-refractivity contribution is 5.94. The predicted octanol–water partition coefficient (Wildman–Crippen LogP) is 0.658. The average molecular weight is 246 g/mol. The van der Waals surface area contributed by atoms with Gasteiger partial charge in [-0.05, 0) is 25.1 Å². The van der Waals surface area contributed by atoms with Gasteiger partial charge in [0.05, 0.1) is 12.1 Å². The Hall–Kier alpha value is -1.62. The third-order valence-electron chi connectivity index (χ3n) is 3.24. The van der Waals surface area contributed by atoms with Gasteiger partial charge in [0.2, 0.25) is 5.90 Å². The molecule has 5 heteroatoms. The molecule has 2 aliphatic rings. The molecule has 0 unspecified atom stereocenters. The van der Waals surface area contributed by atoms with Crippen LogP contribution in [-0.2, 0) is 4.74 Å². The van der Waals surface area contributed by atoms with Crippen LogP contribution >= 0.6 is 0 Å². The van der Waals surface area contributed by atoms with Crippen LogP contribution in [0.3, 0.4) is 0 Å². The summed E-state index contributed by atoms with van der Waals surface area (Å²) in [4.78, 5) is 11.1. The Balaban J connectivity index is 1.73. The van der Waals surface area contributed by atoms with Gasteiger partial charge in [-0.3, -0.25) is 0 Å². The predicted molar refractivity (Wildman–Crippen MR) is 71.3 cm³/mol.